The Morgan fingerprint density at radius 1 is 1.12 bits per heavy atom. The molecule has 0 spiro atoms. The molecule has 0 N–H and O–H groups in total. The Kier molecular flexibility index (Phi) is 5.60. The second kappa shape index (κ2) is 7.98. The fraction of sp³-hybridized carbons (Fsp3) is 0.538. The molecule has 3 fully saturated rings. The molecule has 1 amide bonds. The summed E-state index contributed by atoms with van der Waals surface area (Å²) in [7, 11) is 1.63. The number of hydrogen-bond donors (Lipinski definition) is 0. The van der Waals surface area contributed by atoms with Crippen LogP contribution < -0.4 is 4.74 Å². The first-order chi connectivity index (χ1) is 15.0. The number of rotatable bonds is 4. The average molecular weight is 440 g/mol. The Hall–Kier alpha value is -2.76. The van der Waals surface area contributed by atoms with Crippen molar-refractivity contribution >= 4 is 11.9 Å². The molecule has 32 heavy (non-hydrogen) atoms. The van der Waals surface area contributed by atoms with Gasteiger partial charge in [0.1, 0.15) is 17.1 Å². The quantitative estimate of drug-likeness (QED) is 0.552. The van der Waals surface area contributed by atoms with Crippen LogP contribution in [0, 0.1) is 19.3 Å². The van der Waals surface area contributed by atoms with Gasteiger partial charge in [0.05, 0.1) is 18.1 Å². The molecule has 1 saturated carbocycles. The van der Waals surface area contributed by atoms with Crippen LogP contribution in [0.5, 0.6) is 5.75 Å². The van der Waals surface area contributed by atoms with E-state index in [1.54, 1.807) is 12.0 Å². The maximum absolute atomic E-state index is 13.7. The van der Waals surface area contributed by atoms with Gasteiger partial charge in [-0.3, -0.25) is 4.79 Å². The van der Waals surface area contributed by atoms with Crippen molar-refractivity contribution in [3.05, 3.63) is 41.2 Å². The lowest BCUT2D eigenvalue weighted by Gasteiger charge is -2.51. The Bertz CT molecular complexity index is 1040. The molecule has 172 valence electrons. The minimum Gasteiger partial charge on any atom is -0.496 e. The van der Waals surface area contributed by atoms with Crippen LogP contribution in [0.3, 0.4) is 0 Å². The van der Waals surface area contributed by atoms with Crippen LogP contribution >= 0.6 is 0 Å². The Balaban J connectivity index is 1.62. The molecule has 2 bridgehead atoms. The van der Waals surface area contributed by atoms with Crippen LogP contribution in [-0.2, 0) is 4.74 Å². The molecule has 2 aliphatic heterocycles. The number of carbonyl (C=O) groups is 2. The molecular weight excluding hydrogens is 406 g/mol. The molecule has 1 aromatic heterocycles. The highest BCUT2D eigenvalue weighted by atomic mass is 16.6. The number of aryl methyl sites for hydroxylation is 2. The van der Waals surface area contributed by atoms with Crippen LogP contribution in [0.4, 0.5) is 4.79 Å². The van der Waals surface area contributed by atoms with Gasteiger partial charge in [0, 0.05) is 12.6 Å². The lowest BCUT2D eigenvalue weighted by atomic mass is 9.65. The molecule has 1 aromatic carbocycles. The molecule has 3 heterocycles. The highest BCUT2D eigenvalue weighted by molar-refractivity contribution is 6.00. The third kappa shape index (κ3) is 4.03. The van der Waals surface area contributed by atoms with Crippen LogP contribution in [0.15, 0.2) is 28.7 Å². The third-order valence-electron chi connectivity index (χ3n) is 6.68. The molecule has 0 atom stereocenters. The monoisotopic (exact) mass is 439 g/mol. The SMILES string of the molecule is COc1cc(C)ccc1-c1oc(C(=O)C23CCC(CC2)N(C(=O)OC(C)(C)C)C3)cc1C. The second-order valence-corrected chi connectivity index (χ2v) is 10.3. The smallest absolute Gasteiger partial charge is 0.410 e. The van der Waals surface area contributed by atoms with E-state index in [0.29, 0.717) is 23.8 Å². The highest BCUT2D eigenvalue weighted by Crippen LogP contribution is 2.48. The molecule has 0 radical (unpaired) electrons. The topological polar surface area (TPSA) is 69.0 Å². The fourth-order valence-electron chi connectivity index (χ4n) is 5.02. The predicted octanol–water partition coefficient (Wildman–Crippen LogP) is 5.93. The predicted molar refractivity (Wildman–Crippen MR) is 122 cm³/mol. The van der Waals surface area contributed by atoms with Gasteiger partial charge < -0.3 is 18.8 Å². The van der Waals surface area contributed by atoms with Gasteiger partial charge in [-0.2, -0.15) is 0 Å². The molecule has 6 nitrogen and oxygen atoms in total. The number of ketones is 1. The van der Waals surface area contributed by atoms with Crippen molar-refractivity contribution in [3.63, 3.8) is 0 Å². The van der Waals surface area contributed by atoms with Crippen LogP contribution in [0.1, 0.15) is 68.1 Å². The Labute approximate surface area is 189 Å². The summed E-state index contributed by atoms with van der Waals surface area (Å²) in [5.74, 6) is 1.69. The van der Waals surface area contributed by atoms with Gasteiger partial charge in [-0.25, -0.2) is 4.79 Å². The van der Waals surface area contributed by atoms with Gasteiger partial charge in [-0.15, -0.1) is 0 Å². The molecule has 0 unspecified atom stereocenters. The van der Waals surface area contributed by atoms with Crippen molar-refractivity contribution in [2.75, 3.05) is 13.7 Å². The summed E-state index contributed by atoms with van der Waals surface area (Å²) in [6.07, 6.45) is 2.81. The Morgan fingerprint density at radius 3 is 2.44 bits per heavy atom. The number of Topliss-reactive ketones (excluding diaryl/α,β-unsaturated/α-hetero) is 1. The number of carbonyl (C=O) groups excluding carboxylic acids is 2. The number of amides is 1. The van der Waals surface area contributed by atoms with Gasteiger partial charge in [0.25, 0.3) is 0 Å². The maximum atomic E-state index is 13.7. The average Bonchev–Trinajstić information content (AvgIpc) is 3.13. The normalized spacial score (nSPS) is 22.7. The second-order valence-electron chi connectivity index (χ2n) is 10.3. The number of furan rings is 1. The van der Waals surface area contributed by atoms with Crippen LogP contribution in [0.25, 0.3) is 11.3 Å². The van der Waals surface area contributed by atoms with Crippen molar-refractivity contribution in [3.8, 4) is 17.1 Å². The van der Waals surface area contributed by atoms with E-state index >= 15 is 0 Å². The largest absolute Gasteiger partial charge is 0.496 e. The summed E-state index contributed by atoms with van der Waals surface area (Å²) in [6, 6.07) is 7.89. The third-order valence-corrected chi connectivity index (χ3v) is 6.68. The summed E-state index contributed by atoms with van der Waals surface area (Å²) in [5, 5.41) is 0. The summed E-state index contributed by atoms with van der Waals surface area (Å²) < 4.78 is 17.3. The van der Waals surface area contributed by atoms with Gasteiger partial charge in [0.2, 0.25) is 5.78 Å². The van der Waals surface area contributed by atoms with Crippen molar-refractivity contribution in [2.45, 2.75) is 71.9 Å². The lowest BCUT2D eigenvalue weighted by Crippen LogP contribution is -2.59. The van der Waals surface area contributed by atoms with E-state index in [2.05, 4.69) is 0 Å². The molecule has 5 rings (SSSR count). The van der Waals surface area contributed by atoms with E-state index in [1.165, 1.54) is 0 Å². The number of piperidine rings is 2. The van der Waals surface area contributed by atoms with E-state index in [-0.39, 0.29) is 17.9 Å². The minimum atomic E-state index is -0.620. The zero-order valence-electron chi connectivity index (χ0n) is 19.9. The summed E-state index contributed by atoms with van der Waals surface area (Å²) in [5.41, 5.74) is 1.62. The van der Waals surface area contributed by atoms with Gasteiger partial charge >= 0.3 is 6.09 Å². The van der Waals surface area contributed by atoms with Crippen molar-refractivity contribution in [2.24, 2.45) is 5.41 Å². The highest BCUT2D eigenvalue weighted by Gasteiger charge is 2.52. The number of fused-ring (bicyclic) bond motifs is 3. The standard InChI is InChI=1S/C26H33NO5/c1-16-7-8-19(20(13-16)30-6)22-17(2)14-21(31-22)23(28)26-11-9-18(10-12-26)27(15-26)24(29)32-25(3,4)5/h7-8,13-14,18H,9-12,15H2,1-6H3. The molecule has 6 heteroatoms. The summed E-state index contributed by atoms with van der Waals surface area (Å²) in [6.45, 7) is 9.92. The number of benzene rings is 1. The van der Waals surface area contributed by atoms with Gasteiger partial charge in [0.15, 0.2) is 5.76 Å². The first-order valence-corrected chi connectivity index (χ1v) is 11.3. The molecular formula is C26H33NO5. The zero-order chi connectivity index (χ0) is 23.3. The van der Waals surface area contributed by atoms with E-state index in [1.807, 2.05) is 58.9 Å². The number of methoxy groups -OCH3 is 1. The zero-order valence-corrected chi connectivity index (χ0v) is 19.9. The van der Waals surface area contributed by atoms with Crippen molar-refractivity contribution < 1.29 is 23.5 Å². The van der Waals surface area contributed by atoms with E-state index in [0.717, 1.165) is 42.4 Å². The van der Waals surface area contributed by atoms with Crippen LogP contribution in [0.2, 0.25) is 0 Å². The van der Waals surface area contributed by atoms with E-state index in [9.17, 15) is 9.59 Å². The number of nitrogens with zero attached hydrogens (tertiary/aromatic N) is 1. The Morgan fingerprint density at radius 2 is 1.81 bits per heavy atom. The molecule has 3 aliphatic rings. The summed E-state index contributed by atoms with van der Waals surface area (Å²) in [4.78, 5) is 28.3. The first kappa shape index (κ1) is 22.4. The van der Waals surface area contributed by atoms with Crippen molar-refractivity contribution in [1.82, 2.24) is 4.90 Å². The molecule has 1 aliphatic carbocycles. The molecule has 2 aromatic rings. The lowest BCUT2D eigenvalue weighted by molar-refractivity contribution is -0.0341. The number of ether oxygens (including phenoxy) is 2. The summed E-state index contributed by atoms with van der Waals surface area (Å²) >= 11 is 0. The van der Waals surface area contributed by atoms with Gasteiger partial charge in [-0.1, -0.05) is 6.07 Å². The van der Waals surface area contributed by atoms with Crippen LogP contribution in [-0.4, -0.2) is 42.1 Å². The first-order valence-electron chi connectivity index (χ1n) is 11.3. The van der Waals surface area contributed by atoms with E-state index in [4.69, 9.17) is 13.9 Å². The maximum Gasteiger partial charge on any atom is 0.410 e. The molecule has 2 saturated heterocycles. The fourth-order valence-corrected chi connectivity index (χ4v) is 5.02. The van der Waals surface area contributed by atoms with E-state index < -0.39 is 11.0 Å². The van der Waals surface area contributed by atoms with Crippen molar-refractivity contribution in [1.29, 1.82) is 0 Å². The minimum absolute atomic E-state index is 0.0235. The van der Waals surface area contributed by atoms with Gasteiger partial charge in [-0.05, 0) is 89.6 Å². The number of hydrogen-bond acceptors (Lipinski definition) is 5.